The van der Waals surface area contributed by atoms with Crippen LogP contribution in [-0.4, -0.2) is 17.0 Å². The van der Waals surface area contributed by atoms with Gasteiger partial charge in [-0.1, -0.05) is 56.1 Å². The lowest BCUT2D eigenvalue weighted by Crippen LogP contribution is -2.16. The second kappa shape index (κ2) is 7.00. The molecule has 0 spiro atoms. The first kappa shape index (κ1) is 15.9. The molecule has 0 heterocycles. The summed E-state index contributed by atoms with van der Waals surface area (Å²) in [6.07, 6.45) is 0. The van der Waals surface area contributed by atoms with Crippen molar-refractivity contribution in [1.29, 1.82) is 0 Å². The second-order valence-corrected chi connectivity index (χ2v) is 5.99. The fraction of sp³-hybridized carbons (Fsp3) is 0.125. The first-order valence-corrected chi connectivity index (χ1v) is 8.20. The largest absolute Gasteiger partial charge is 0.325 e. The minimum absolute atomic E-state index is 0.112. The van der Waals surface area contributed by atoms with E-state index in [1.165, 1.54) is 0 Å². The highest BCUT2D eigenvalue weighted by molar-refractivity contribution is 9.10. The van der Waals surface area contributed by atoms with Crippen LogP contribution in [0.3, 0.4) is 0 Å². The molecule has 2 rings (SSSR count). The molecule has 0 bridgehead atoms. The van der Waals surface area contributed by atoms with Gasteiger partial charge in [0.1, 0.15) is 0 Å². The van der Waals surface area contributed by atoms with E-state index >= 15 is 0 Å². The highest BCUT2D eigenvalue weighted by Crippen LogP contribution is 2.25. The van der Waals surface area contributed by atoms with E-state index in [0.29, 0.717) is 16.8 Å². The van der Waals surface area contributed by atoms with Crippen molar-refractivity contribution in [2.75, 3.05) is 10.6 Å². The van der Waals surface area contributed by atoms with Gasteiger partial charge in [0.25, 0.3) is 0 Å². The summed E-state index contributed by atoms with van der Waals surface area (Å²) in [4.78, 5) is 24.3. The summed E-state index contributed by atoms with van der Waals surface area (Å²) in [5.74, 6) is -0.310. The van der Waals surface area contributed by atoms with Crippen molar-refractivity contribution in [2.24, 2.45) is 0 Å². The minimum Gasteiger partial charge on any atom is -0.325 e. The fourth-order valence-electron chi connectivity index (χ4n) is 1.97. The molecular formula is C16H13Br2NO2. The predicted molar refractivity (Wildman–Crippen MR) is 91.2 cm³/mol. The molecule has 0 aromatic heterocycles. The van der Waals surface area contributed by atoms with Crippen LogP contribution < -0.4 is 5.32 Å². The zero-order valence-electron chi connectivity index (χ0n) is 11.3. The molecule has 21 heavy (non-hydrogen) atoms. The van der Waals surface area contributed by atoms with Gasteiger partial charge in [0.05, 0.1) is 11.0 Å². The lowest BCUT2D eigenvalue weighted by molar-refractivity contribution is -0.113. The number of anilines is 1. The van der Waals surface area contributed by atoms with Crippen LogP contribution in [0, 0.1) is 6.92 Å². The first-order chi connectivity index (χ1) is 10.0. The number of halogens is 2. The third kappa shape index (κ3) is 3.80. The zero-order valence-corrected chi connectivity index (χ0v) is 14.5. The molecule has 0 saturated heterocycles. The van der Waals surface area contributed by atoms with Crippen LogP contribution in [0.2, 0.25) is 0 Å². The highest BCUT2D eigenvalue weighted by Gasteiger charge is 2.17. The number of nitrogens with one attached hydrogen (secondary N) is 1. The van der Waals surface area contributed by atoms with Gasteiger partial charge in [-0.25, -0.2) is 0 Å². The van der Waals surface area contributed by atoms with Crippen molar-refractivity contribution in [1.82, 2.24) is 0 Å². The Morgan fingerprint density at radius 1 is 1.10 bits per heavy atom. The molecule has 0 fully saturated rings. The van der Waals surface area contributed by atoms with Gasteiger partial charge >= 0.3 is 0 Å². The average molecular weight is 411 g/mol. The molecule has 1 N–H and O–H groups in total. The monoisotopic (exact) mass is 409 g/mol. The number of aryl methyl sites for hydroxylation is 1. The Morgan fingerprint density at radius 2 is 1.81 bits per heavy atom. The Bertz CT molecular complexity index is 698. The molecule has 0 aliphatic heterocycles. The first-order valence-electron chi connectivity index (χ1n) is 6.28. The Balaban J connectivity index is 2.47. The molecule has 0 aliphatic carbocycles. The summed E-state index contributed by atoms with van der Waals surface area (Å²) in [7, 11) is 0. The number of benzene rings is 2. The number of alkyl halides is 1. The number of hydrogen-bond donors (Lipinski definition) is 1. The van der Waals surface area contributed by atoms with Crippen LogP contribution >= 0.6 is 31.9 Å². The fourth-order valence-corrected chi connectivity index (χ4v) is 2.47. The second-order valence-electron chi connectivity index (χ2n) is 4.52. The molecule has 0 aliphatic rings. The minimum atomic E-state index is -0.198. The number of amides is 1. The molecule has 0 radical (unpaired) electrons. The van der Waals surface area contributed by atoms with Gasteiger partial charge in [-0.05, 0) is 30.7 Å². The van der Waals surface area contributed by atoms with Crippen molar-refractivity contribution in [3.05, 3.63) is 63.6 Å². The van der Waals surface area contributed by atoms with Gasteiger partial charge in [0, 0.05) is 15.6 Å². The van der Waals surface area contributed by atoms with Gasteiger partial charge < -0.3 is 5.32 Å². The summed E-state index contributed by atoms with van der Waals surface area (Å²) in [6, 6.07) is 12.6. The number of rotatable bonds is 4. The molecule has 0 saturated carbocycles. The topological polar surface area (TPSA) is 46.2 Å². The van der Waals surface area contributed by atoms with E-state index in [-0.39, 0.29) is 17.0 Å². The SMILES string of the molecule is Cc1ccccc1C(=O)c1cc(Br)ccc1NC(=O)CBr. The number of hydrogen-bond acceptors (Lipinski definition) is 2. The van der Waals surface area contributed by atoms with E-state index in [1.807, 2.05) is 25.1 Å². The maximum Gasteiger partial charge on any atom is 0.235 e. The molecule has 2 aromatic rings. The third-order valence-electron chi connectivity index (χ3n) is 3.01. The van der Waals surface area contributed by atoms with Gasteiger partial charge in [-0.2, -0.15) is 0 Å². The highest BCUT2D eigenvalue weighted by atomic mass is 79.9. The van der Waals surface area contributed by atoms with E-state index in [2.05, 4.69) is 37.2 Å². The van der Waals surface area contributed by atoms with E-state index in [9.17, 15) is 9.59 Å². The quantitative estimate of drug-likeness (QED) is 0.602. The predicted octanol–water partition coefficient (Wildman–Crippen LogP) is 4.32. The lowest BCUT2D eigenvalue weighted by atomic mass is 9.98. The van der Waals surface area contributed by atoms with Crippen molar-refractivity contribution >= 4 is 49.2 Å². The van der Waals surface area contributed by atoms with Crippen LogP contribution in [-0.2, 0) is 4.79 Å². The Morgan fingerprint density at radius 3 is 2.48 bits per heavy atom. The van der Waals surface area contributed by atoms with Crippen molar-refractivity contribution in [3.63, 3.8) is 0 Å². The number of carbonyl (C=O) groups is 2. The standard InChI is InChI=1S/C16H13Br2NO2/c1-10-4-2-3-5-12(10)16(21)13-8-11(18)6-7-14(13)19-15(20)9-17/h2-8H,9H2,1H3,(H,19,20). The van der Waals surface area contributed by atoms with E-state index in [1.54, 1.807) is 24.3 Å². The maximum atomic E-state index is 12.7. The molecule has 5 heteroatoms. The molecule has 3 nitrogen and oxygen atoms in total. The summed E-state index contributed by atoms with van der Waals surface area (Å²) < 4.78 is 0.788. The Hall–Kier alpha value is -1.46. The smallest absolute Gasteiger partial charge is 0.235 e. The summed E-state index contributed by atoms with van der Waals surface area (Å²) in [6.45, 7) is 1.89. The molecule has 2 aromatic carbocycles. The van der Waals surface area contributed by atoms with Crippen molar-refractivity contribution in [2.45, 2.75) is 6.92 Å². The van der Waals surface area contributed by atoms with Crippen LogP contribution in [0.15, 0.2) is 46.9 Å². The third-order valence-corrected chi connectivity index (χ3v) is 4.01. The number of ketones is 1. The molecule has 0 unspecified atom stereocenters. The molecular weight excluding hydrogens is 398 g/mol. The van der Waals surface area contributed by atoms with Crippen LogP contribution in [0.1, 0.15) is 21.5 Å². The van der Waals surface area contributed by atoms with Crippen molar-refractivity contribution in [3.8, 4) is 0 Å². The number of carbonyl (C=O) groups excluding carboxylic acids is 2. The maximum absolute atomic E-state index is 12.7. The average Bonchev–Trinajstić information content (AvgIpc) is 2.48. The van der Waals surface area contributed by atoms with Crippen molar-refractivity contribution < 1.29 is 9.59 Å². The van der Waals surface area contributed by atoms with Crippen LogP contribution in [0.5, 0.6) is 0 Å². The molecule has 108 valence electrons. The normalized spacial score (nSPS) is 10.2. The van der Waals surface area contributed by atoms with Gasteiger partial charge in [-0.3, -0.25) is 9.59 Å². The van der Waals surface area contributed by atoms with E-state index in [0.717, 1.165) is 10.0 Å². The van der Waals surface area contributed by atoms with Crippen LogP contribution in [0.4, 0.5) is 5.69 Å². The Labute approximate surface area is 140 Å². The van der Waals surface area contributed by atoms with Gasteiger partial charge in [0.2, 0.25) is 5.91 Å². The van der Waals surface area contributed by atoms with Crippen LogP contribution in [0.25, 0.3) is 0 Å². The molecule has 1 amide bonds. The summed E-state index contributed by atoms with van der Waals surface area (Å²) >= 11 is 6.46. The zero-order chi connectivity index (χ0) is 15.4. The van der Waals surface area contributed by atoms with Gasteiger partial charge in [-0.15, -0.1) is 0 Å². The molecule has 0 atom stereocenters. The summed E-state index contributed by atoms with van der Waals surface area (Å²) in [5, 5.41) is 2.91. The van der Waals surface area contributed by atoms with Gasteiger partial charge in [0.15, 0.2) is 5.78 Å². The van der Waals surface area contributed by atoms with E-state index < -0.39 is 0 Å². The van der Waals surface area contributed by atoms with E-state index in [4.69, 9.17) is 0 Å². The Kier molecular flexibility index (Phi) is 5.31. The lowest BCUT2D eigenvalue weighted by Gasteiger charge is -2.11. The summed E-state index contributed by atoms with van der Waals surface area (Å²) in [5.41, 5.74) is 2.51.